The fourth-order valence-electron chi connectivity index (χ4n) is 0.754. The van der Waals surface area contributed by atoms with E-state index in [1.54, 1.807) is 0 Å². The van der Waals surface area contributed by atoms with Crippen LogP contribution in [-0.2, 0) is 4.74 Å². The van der Waals surface area contributed by atoms with E-state index in [-0.39, 0.29) is 6.10 Å². The Morgan fingerprint density at radius 3 is 2.55 bits per heavy atom. The molecule has 0 aromatic heterocycles. The summed E-state index contributed by atoms with van der Waals surface area (Å²) in [6.45, 7) is 11.0. The minimum atomic E-state index is 0.229. The molecule has 0 aliphatic carbocycles. The molecule has 0 rings (SSSR count). The van der Waals surface area contributed by atoms with E-state index in [0.29, 0.717) is 0 Å². The first-order chi connectivity index (χ1) is 5.18. The zero-order valence-corrected chi connectivity index (χ0v) is 8.02. The highest BCUT2D eigenvalue weighted by Crippen LogP contribution is 2.04. The Labute approximate surface area is 70.4 Å². The van der Waals surface area contributed by atoms with Gasteiger partial charge in [0.1, 0.15) is 0 Å². The summed E-state index contributed by atoms with van der Waals surface area (Å²) >= 11 is 0. The van der Waals surface area contributed by atoms with Gasteiger partial charge in [-0.2, -0.15) is 0 Å². The first-order valence-electron chi connectivity index (χ1n) is 4.45. The first-order valence-corrected chi connectivity index (χ1v) is 4.45. The van der Waals surface area contributed by atoms with Crippen LogP contribution >= 0.6 is 0 Å². The van der Waals surface area contributed by atoms with Gasteiger partial charge in [0.25, 0.3) is 0 Å². The van der Waals surface area contributed by atoms with E-state index in [0.717, 1.165) is 12.2 Å². The van der Waals surface area contributed by atoms with Crippen LogP contribution in [0.25, 0.3) is 0 Å². The summed E-state index contributed by atoms with van der Waals surface area (Å²) in [4.78, 5) is 0. The molecule has 0 bridgehead atoms. The second-order valence-electron chi connectivity index (χ2n) is 3.07. The highest BCUT2D eigenvalue weighted by molar-refractivity contribution is 4.94. The quantitative estimate of drug-likeness (QED) is 0.424. The molecule has 0 aromatic carbocycles. The number of unbranched alkanes of at least 4 members (excludes halogenated alkanes) is 2. The number of ether oxygens (including phenoxy) is 1. The van der Waals surface area contributed by atoms with Crippen LogP contribution in [0, 0.1) is 0 Å². The largest absolute Gasteiger partial charge is 0.374 e. The third kappa shape index (κ3) is 6.11. The molecule has 0 radical (unpaired) electrons. The Kier molecular flexibility index (Phi) is 6.24. The predicted octanol–water partition coefficient (Wildman–Crippen LogP) is 3.16. The maximum Gasteiger partial charge on any atom is 0.0751 e. The van der Waals surface area contributed by atoms with Crippen molar-refractivity contribution in [3.8, 4) is 0 Å². The zero-order chi connectivity index (χ0) is 8.69. The summed E-state index contributed by atoms with van der Waals surface area (Å²) in [6, 6.07) is 0. The number of hydrogen-bond donors (Lipinski definition) is 0. The van der Waals surface area contributed by atoms with Crippen LogP contribution in [0.1, 0.15) is 40.0 Å². The fourth-order valence-corrected chi connectivity index (χ4v) is 0.754. The average Bonchev–Trinajstić information content (AvgIpc) is 1.97. The molecule has 1 atom stereocenters. The molecule has 0 spiro atoms. The van der Waals surface area contributed by atoms with Crippen LogP contribution in [0.15, 0.2) is 12.2 Å². The van der Waals surface area contributed by atoms with Crippen LogP contribution in [0.4, 0.5) is 0 Å². The second-order valence-corrected chi connectivity index (χ2v) is 3.07. The van der Waals surface area contributed by atoms with Gasteiger partial charge in [-0.05, 0) is 20.3 Å². The zero-order valence-electron chi connectivity index (χ0n) is 8.02. The van der Waals surface area contributed by atoms with Gasteiger partial charge in [0.2, 0.25) is 0 Å². The third-order valence-electron chi connectivity index (χ3n) is 1.81. The van der Waals surface area contributed by atoms with E-state index >= 15 is 0 Å². The Morgan fingerprint density at radius 1 is 1.45 bits per heavy atom. The Hall–Kier alpha value is -0.300. The van der Waals surface area contributed by atoms with E-state index in [4.69, 9.17) is 4.74 Å². The van der Waals surface area contributed by atoms with Gasteiger partial charge in [0.15, 0.2) is 0 Å². The number of hydrogen-bond acceptors (Lipinski definition) is 1. The minimum Gasteiger partial charge on any atom is -0.374 e. The van der Waals surface area contributed by atoms with Crippen molar-refractivity contribution in [2.24, 2.45) is 0 Å². The van der Waals surface area contributed by atoms with E-state index in [9.17, 15) is 0 Å². The van der Waals surface area contributed by atoms with Crippen molar-refractivity contribution in [2.45, 2.75) is 46.1 Å². The summed E-state index contributed by atoms with van der Waals surface area (Å²) in [6.07, 6.45) is 3.92. The van der Waals surface area contributed by atoms with Crippen LogP contribution < -0.4 is 0 Å². The molecule has 0 amide bonds. The molecule has 0 heterocycles. The minimum absolute atomic E-state index is 0.229. The summed E-state index contributed by atoms with van der Waals surface area (Å²) < 4.78 is 5.51. The molecule has 0 aliphatic heterocycles. The third-order valence-corrected chi connectivity index (χ3v) is 1.81. The van der Waals surface area contributed by atoms with Crippen molar-refractivity contribution >= 4 is 0 Å². The molecule has 0 saturated heterocycles. The van der Waals surface area contributed by atoms with E-state index < -0.39 is 0 Å². The van der Waals surface area contributed by atoms with Crippen molar-refractivity contribution in [3.63, 3.8) is 0 Å². The van der Waals surface area contributed by atoms with Gasteiger partial charge >= 0.3 is 0 Å². The predicted molar refractivity (Wildman–Crippen MR) is 49.8 cm³/mol. The van der Waals surface area contributed by atoms with Gasteiger partial charge in [-0.1, -0.05) is 31.9 Å². The molecular weight excluding hydrogens is 136 g/mol. The van der Waals surface area contributed by atoms with Crippen LogP contribution in [0.5, 0.6) is 0 Å². The van der Waals surface area contributed by atoms with E-state index in [1.165, 1.54) is 19.3 Å². The summed E-state index contributed by atoms with van der Waals surface area (Å²) in [5.74, 6) is 0. The van der Waals surface area contributed by atoms with Crippen molar-refractivity contribution in [1.82, 2.24) is 0 Å². The molecule has 0 fully saturated rings. The molecule has 1 nitrogen and oxygen atoms in total. The lowest BCUT2D eigenvalue weighted by Crippen LogP contribution is -2.09. The van der Waals surface area contributed by atoms with Crippen LogP contribution in [-0.4, -0.2) is 12.7 Å². The molecule has 0 N–H and O–H groups in total. The molecule has 11 heavy (non-hydrogen) atoms. The van der Waals surface area contributed by atoms with Gasteiger partial charge in [0.05, 0.1) is 6.10 Å². The van der Waals surface area contributed by atoms with Gasteiger partial charge in [-0.25, -0.2) is 0 Å². The molecule has 1 unspecified atom stereocenters. The first kappa shape index (κ1) is 10.7. The van der Waals surface area contributed by atoms with Crippen molar-refractivity contribution in [1.29, 1.82) is 0 Å². The van der Waals surface area contributed by atoms with Crippen LogP contribution in [0.2, 0.25) is 0 Å². The van der Waals surface area contributed by atoms with Crippen molar-refractivity contribution < 1.29 is 4.74 Å². The van der Waals surface area contributed by atoms with Gasteiger partial charge in [0, 0.05) is 6.61 Å². The highest BCUT2D eigenvalue weighted by atomic mass is 16.5. The summed E-state index contributed by atoms with van der Waals surface area (Å²) in [5, 5.41) is 0. The average molecular weight is 156 g/mol. The maximum absolute atomic E-state index is 5.51. The smallest absolute Gasteiger partial charge is 0.0751 e. The topological polar surface area (TPSA) is 9.23 Å². The lowest BCUT2D eigenvalue weighted by Gasteiger charge is -2.11. The molecular formula is C10H20O. The molecule has 66 valence electrons. The van der Waals surface area contributed by atoms with E-state index in [2.05, 4.69) is 13.5 Å². The van der Waals surface area contributed by atoms with Crippen molar-refractivity contribution in [3.05, 3.63) is 12.2 Å². The standard InChI is InChI=1S/C10H20O/c1-5-6-7-8-11-10(4)9(2)3/h10H,2,5-8H2,1,3-4H3. The van der Waals surface area contributed by atoms with Gasteiger partial charge in [-0.15, -0.1) is 0 Å². The highest BCUT2D eigenvalue weighted by Gasteiger charge is 2.00. The number of rotatable bonds is 6. The van der Waals surface area contributed by atoms with Gasteiger partial charge < -0.3 is 4.74 Å². The SMILES string of the molecule is C=C(C)C(C)OCCCCC. The lowest BCUT2D eigenvalue weighted by atomic mass is 10.2. The van der Waals surface area contributed by atoms with Crippen molar-refractivity contribution in [2.75, 3.05) is 6.61 Å². The lowest BCUT2D eigenvalue weighted by molar-refractivity contribution is 0.0870. The second kappa shape index (κ2) is 6.41. The maximum atomic E-state index is 5.51. The molecule has 0 aromatic rings. The molecule has 0 saturated carbocycles. The normalized spacial score (nSPS) is 13.0. The van der Waals surface area contributed by atoms with Gasteiger partial charge in [-0.3, -0.25) is 0 Å². The fraction of sp³-hybridized carbons (Fsp3) is 0.800. The Morgan fingerprint density at radius 2 is 2.09 bits per heavy atom. The van der Waals surface area contributed by atoms with E-state index in [1.807, 2.05) is 13.8 Å². The van der Waals surface area contributed by atoms with Crippen LogP contribution in [0.3, 0.4) is 0 Å². The molecule has 0 aliphatic rings. The summed E-state index contributed by atoms with van der Waals surface area (Å²) in [5.41, 5.74) is 1.11. The molecule has 1 heteroatoms. The monoisotopic (exact) mass is 156 g/mol. The Balaban J connectivity index is 3.17. The summed E-state index contributed by atoms with van der Waals surface area (Å²) in [7, 11) is 0. The Bertz CT molecular complexity index is 107.